The van der Waals surface area contributed by atoms with E-state index in [1.54, 1.807) is 0 Å². The van der Waals surface area contributed by atoms with Crippen molar-refractivity contribution in [1.82, 2.24) is 0 Å². The summed E-state index contributed by atoms with van der Waals surface area (Å²) in [6.45, 7) is 0. The van der Waals surface area contributed by atoms with E-state index in [1.807, 2.05) is 30.3 Å². The molecule has 0 bridgehead atoms. The molecule has 0 heterocycles. The van der Waals surface area contributed by atoms with Gasteiger partial charge in [0.25, 0.3) is 0 Å². The molecule has 1 unspecified atom stereocenters. The first kappa shape index (κ1) is 8.72. The molecule has 0 amide bonds. The molecule has 1 aromatic carbocycles. The van der Waals surface area contributed by atoms with Crippen molar-refractivity contribution < 1.29 is 4.39 Å². The van der Waals surface area contributed by atoms with Crippen LogP contribution in [0.25, 0.3) is 0 Å². The summed E-state index contributed by atoms with van der Waals surface area (Å²) < 4.78 is 13.1. The summed E-state index contributed by atoms with van der Waals surface area (Å²) in [6, 6.07) is 9.23. The highest BCUT2D eigenvalue weighted by Crippen LogP contribution is 2.20. The fourth-order valence-electron chi connectivity index (χ4n) is 0.924. The highest BCUT2D eigenvalue weighted by Gasteiger charge is 2.06. The Hall–Kier alpha value is -0.370. The smallest absolute Gasteiger partial charge is 0.126 e. The van der Waals surface area contributed by atoms with Crippen LogP contribution in [0.4, 0.5) is 4.39 Å². The molecule has 1 aromatic rings. The van der Waals surface area contributed by atoms with Gasteiger partial charge in [0.05, 0.1) is 0 Å². The molecule has 0 fully saturated rings. The summed E-state index contributed by atoms with van der Waals surface area (Å²) in [5.74, 6) is 0. The Morgan fingerprint density at radius 1 is 1.27 bits per heavy atom. The largest absolute Gasteiger partial charge is 0.242 e. The first-order chi connectivity index (χ1) is 5.34. The minimum absolute atomic E-state index is 0.546. The van der Waals surface area contributed by atoms with E-state index in [0.29, 0.717) is 11.8 Å². The van der Waals surface area contributed by atoms with Crippen LogP contribution in [-0.2, 0) is 0 Å². The van der Waals surface area contributed by atoms with Crippen molar-refractivity contribution in [3.05, 3.63) is 35.9 Å². The van der Waals surface area contributed by atoms with Gasteiger partial charge in [-0.25, -0.2) is 4.39 Å². The minimum atomic E-state index is -0.824. The van der Waals surface area contributed by atoms with Crippen molar-refractivity contribution in [3.63, 3.8) is 0 Å². The lowest BCUT2D eigenvalue weighted by molar-refractivity contribution is 0.337. The molecule has 0 aliphatic carbocycles. The van der Waals surface area contributed by atoms with E-state index < -0.39 is 6.17 Å². The van der Waals surface area contributed by atoms with Gasteiger partial charge in [-0.05, 0) is 12.0 Å². The quantitative estimate of drug-likeness (QED) is 0.680. The van der Waals surface area contributed by atoms with Crippen LogP contribution in [0.2, 0.25) is 0 Å². The Labute approximate surface area is 74.6 Å². The normalized spacial score (nSPS) is 12.9. The second-order valence-electron chi connectivity index (χ2n) is 2.36. The van der Waals surface area contributed by atoms with Crippen molar-refractivity contribution in [2.75, 3.05) is 5.33 Å². The first-order valence-corrected chi connectivity index (χ1v) is 4.71. The summed E-state index contributed by atoms with van der Waals surface area (Å²) in [5, 5.41) is 0.711. The van der Waals surface area contributed by atoms with Crippen molar-refractivity contribution in [2.24, 2.45) is 0 Å². The molecule has 60 valence electrons. The number of rotatable bonds is 3. The van der Waals surface area contributed by atoms with Gasteiger partial charge in [-0.3, -0.25) is 0 Å². The zero-order chi connectivity index (χ0) is 8.10. The van der Waals surface area contributed by atoms with Crippen LogP contribution in [0.15, 0.2) is 30.3 Å². The van der Waals surface area contributed by atoms with Gasteiger partial charge < -0.3 is 0 Å². The van der Waals surface area contributed by atoms with Crippen molar-refractivity contribution in [3.8, 4) is 0 Å². The molecule has 1 atom stereocenters. The second kappa shape index (κ2) is 4.50. The molecular weight excluding hydrogens is 207 g/mol. The monoisotopic (exact) mass is 216 g/mol. The zero-order valence-electron chi connectivity index (χ0n) is 6.13. The Kier molecular flexibility index (Phi) is 3.57. The number of halogens is 2. The lowest BCUT2D eigenvalue weighted by atomic mass is 10.1. The average Bonchev–Trinajstić information content (AvgIpc) is 2.07. The maximum Gasteiger partial charge on any atom is 0.126 e. The summed E-state index contributed by atoms with van der Waals surface area (Å²) in [4.78, 5) is 0. The van der Waals surface area contributed by atoms with Crippen molar-refractivity contribution in [1.29, 1.82) is 0 Å². The molecule has 0 nitrogen and oxygen atoms in total. The molecule has 0 radical (unpaired) electrons. The molecule has 0 saturated carbocycles. The molecule has 0 aromatic heterocycles. The predicted molar refractivity (Wildman–Crippen MR) is 48.7 cm³/mol. The standard InChI is InChI=1S/C9H10BrF/c10-7-6-9(11)8-4-2-1-3-5-8/h1-5,9H,6-7H2. The molecule has 1 rings (SSSR count). The van der Waals surface area contributed by atoms with Gasteiger partial charge in [-0.1, -0.05) is 46.3 Å². The van der Waals surface area contributed by atoms with E-state index in [0.717, 1.165) is 5.56 Å². The molecule has 0 aliphatic heterocycles. The van der Waals surface area contributed by atoms with Crippen LogP contribution in [0.1, 0.15) is 18.2 Å². The van der Waals surface area contributed by atoms with Crippen LogP contribution in [0.5, 0.6) is 0 Å². The molecule has 11 heavy (non-hydrogen) atoms. The molecule has 2 heteroatoms. The number of hydrogen-bond donors (Lipinski definition) is 0. The Bertz CT molecular complexity index is 198. The topological polar surface area (TPSA) is 0 Å². The maximum absolute atomic E-state index is 13.1. The van der Waals surface area contributed by atoms with E-state index in [4.69, 9.17) is 0 Å². The van der Waals surface area contributed by atoms with Gasteiger partial charge in [0, 0.05) is 5.33 Å². The lowest BCUT2D eigenvalue weighted by Crippen LogP contribution is -1.91. The molecular formula is C9H10BrF. The van der Waals surface area contributed by atoms with E-state index in [2.05, 4.69) is 15.9 Å². The highest BCUT2D eigenvalue weighted by molar-refractivity contribution is 9.09. The molecule has 0 N–H and O–H groups in total. The van der Waals surface area contributed by atoms with E-state index in [-0.39, 0.29) is 0 Å². The third-order valence-corrected chi connectivity index (χ3v) is 1.98. The van der Waals surface area contributed by atoms with Crippen molar-refractivity contribution in [2.45, 2.75) is 12.6 Å². The second-order valence-corrected chi connectivity index (χ2v) is 3.15. The van der Waals surface area contributed by atoms with Gasteiger partial charge in [-0.15, -0.1) is 0 Å². The average molecular weight is 217 g/mol. The van der Waals surface area contributed by atoms with E-state index >= 15 is 0 Å². The van der Waals surface area contributed by atoms with Crippen LogP contribution in [-0.4, -0.2) is 5.33 Å². The third-order valence-electron chi connectivity index (χ3n) is 1.52. The Morgan fingerprint density at radius 2 is 1.91 bits per heavy atom. The van der Waals surface area contributed by atoms with Crippen LogP contribution < -0.4 is 0 Å². The fraction of sp³-hybridized carbons (Fsp3) is 0.333. The zero-order valence-corrected chi connectivity index (χ0v) is 7.72. The number of alkyl halides is 2. The number of benzene rings is 1. The highest BCUT2D eigenvalue weighted by atomic mass is 79.9. The first-order valence-electron chi connectivity index (χ1n) is 3.59. The lowest BCUT2D eigenvalue weighted by Gasteiger charge is -2.04. The Balaban J connectivity index is 2.61. The summed E-state index contributed by atoms with van der Waals surface area (Å²) in [5.41, 5.74) is 0.770. The van der Waals surface area contributed by atoms with Gasteiger partial charge in [0.1, 0.15) is 6.17 Å². The molecule has 0 saturated heterocycles. The Morgan fingerprint density at radius 3 is 2.45 bits per heavy atom. The van der Waals surface area contributed by atoms with Crippen LogP contribution in [0.3, 0.4) is 0 Å². The minimum Gasteiger partial charge on any atom is -0.242 e. The van der Waals surface area contributed by atoms with E-state index in [1.165, 1.54) is 0 Å². The maximum atomic E-state index is 13.1. The van der Waals surface area contributed by atoms with E-state index in [9.17, 15) is 4.39 Å². The third kappa shape index (κ3) is 2.62. The van der Waals surface area contributed by atoms with Crippen molar-refractivity contribution >= 4 is 15.9 Å². The van der Waals surface area contributed by atoms with Gasteiger partial charge in [0.2, 0.25) is 0 Å². The summed E-state index contributed by atoms with van der Waals surface area (Å²) in [7, 11) is 0. The SMILES string of the molecule is FC(CCBr)c1ccccc1. The van der Waals surface area contributed by atoms with Crippen LogP contribution in [0, 0.1) is 0 Å². The summed E-state index contributed by atoms with van der Waals surface area (Å²) >= 11 is 3.21. The van der Waals surface area contributed by atoms with Gasteiger partial charge >= 0.3 is 0 Å². The summed E-state index contributed by atoms with van der Waals surface area (Å²) in [6.07, 6.45) is -0.278. The van der Waals surface area contributed by atoms with Crippen LogP contribution >= 0.6 is 15.9 Å². The molecule has 0 aliphatic rings. The molecule has 0 spiro atoms. The predicted octanol–water partition coefficient (Wildman–Crippen LogP) is 3.48. The fourth-order valence-corrected chi connectivity index (χ4v) is 1.33. The van der Waals surface area contributed by atoms with Gasteiger partial charge in [-0.2, -0.15) is 0 Å². The van der Waals surface area contributed by atoms with Gasteiger partial charge in [0.15, 0.2) is 0 Å². The number of hydrogen-bond acceptors (Lipinski definition) is 0.